The number of anilines is 1. The molecule has 3 N–H and O–H groups in total. The fourth-order valence-electron chi connectivity index (χ4n) is 4.81. The number of hydrogen-bond donors (Lipinski definition) is 2. The van der Waals surface area contributed by atoms with E-state index in [-0.39, 0.29) is 34.9 Å². The molecule has 1 fully saturated rings. The SMILES string of the molecule is N#Cc1ccc(NC(=O)N2Cc3c(C(N)=O)c(-c4ccc(F)c(Cl)c4)nn3C(CN3CCOCC3)C2)cc1. The number of carbonyl (C=O) groups excluding carboxylic acids is 2. The van der Waals surface area contributed by atoms with Crippen LogP contribution in [0.15, 0.2) is 42.5 Å². The Balaban J connectivity index is 1.51. The number of nitrogens with one attached hydrogen (secondary N) is 1. The molecule has 1 saturated heterocycles. The summed E-state index contributed by atoms with van der Waals surface area (Å²) >= 11 is 6.02. The first-order valence-electron chi connectivity index (χ1n) is 12.1. The van der Waals surface area contributed by atoms with Crippen molar-refractivity contribution in [3.8, 4) is 17.3 Å². The van der Waals surface area contributed by atoms with Crippen molar-refractivity contribution in [1.29, 1.82) is 5.26 Å². The van der Waals surface area contributed by atoms with Crippen LogP contribution in [0.25, 0.3) is 11.3 Å². The molecule has 2 aromatic carbocycles. The number of amides is 3. The number of rotatable bonds is 5. The minimum atomic E-state index is -0.707. The maximum absolute atomic E-state index is 13.9. The molecule has 1 atom stereocenters. The van der Waals surface area contributed by atoms with Crippen molar-refractivity contribution < 1.29 is 18.7 Å². The summed E-state index contributed by atoms with van der Waals surface area (Å²) in [5, 5.41) is 16.5. The zero-order valence-electron chi connectivity index (χ0n) is 20.4. The molecule has 196 valence electrons. The molecule has 1 unspecified atom stereocenters. The molecule has 3 amide bonds. The number of fused-ring (bicyclic) bond motifs is 1. The Kier molecular flexibility index (Phi) is 7.28. The van der Waals surface area contributed by atoms with Gasteiger partial charge in [-0.2, -0.15) is 10.4 Å². The smallest absolute Gasteiger partial charge is 0.322 e. The summed E-state index contributed by atoms with van der Waals surface area (Å²) in [6.45, 7) is 3.65. The molecule has 5 rings (SSSR count). The molecule has 0 spiro atoms. The molecule has 2 aliphatic rings. The summed E-state index contributed by atoms with van der Waals surface area (Å²) in [5.74, 6) is -1.29. The molecule has 1 aromatic heterocycles. The second-order valence-corrected chi connectivity index (χ2v) is 9.58. The van der Waals surface area contributed by atoms with Gasteiger partial charge in [-0.3, -0.25) is 14.4 Å². The van der Waals surface area contributed by atoms with E-state index in [9.17, 15) is 14.0 Å². The Labute approximate surface area is 223 Å². The maximum atomic E-state index is 13.9. The van der Waals surface area contributed by atoms with Gasteiger partial charge in [0.25, 0.3) is 5.91 Å². The zero-order chi connectivity index (χ0) is 26.8. The van der Waals surface area contributed by atoms with Gasteiger partial charge in [0.1, 0.15) is 11.5 Å². The van der Waals surface area contributed by atoms with Gasteiger partial charge >= 0.3 is 6.03 Å². The standard InChI is InChI=1S/C26H25ClFN7O3/c27-20-11-17(3-6-21(20)28)24-23(25(30)36)22-15-34(26(37)31-18-4-1-16(12-29)2-5-18)14-19(35(22)32-24)13-33-7-9-38-10-8-33/h1-6,11,19H,7-10,13-15H2,(H2,30,36)(H,31,37). The van der Waals surface area contributed by atoms with Gasteiger partial charge in [-0.1, -0.05) is 11.6 Å². The van der Waals surface area contributed by atoms with E-state index < -0.39 is 11.7 Å². The van der Waals surface area contributed by atoms with Gasteiger partial charge in [0.05, 0.1) is 53.7 Å². The van der Waals surface area contributed by atoms with Crippen LogP contribution in [0.2, 0.25) is 5.02 Å². The first-order chi connectivity index (χ1) is 18.3. The highest BCUT2D eigenvalue weighted by Gasteiger charge is 2.36. The predicted molar refractivity (Wildman–Crippen MR) is 138 cm³/mol. The van der Waals surface area contributed by atoms with Gasteiger partial charge in [0.15, 0.2) is 0 Å². The third kappa shape index (κ3) is 5.19. The van der Waals surface area contributed by atoms with E-state index in [0.29, 0.717) is 48.8 Å². The lowest BCUT2D eigenvalue weighted by molar-refractivity contribution is 0.0263. The third-order valence-corrected chi connectivity index (χ3v) is 6.98. The molecular weight excluding hydrogens is 513 g/mol. The van der Waals surface area contributed by atoms with Gasteiger partial charge < -0.3 is 20.7 Å². The lowest BCUT2D eigenvalue weighted by Crippen LogP contribution is -2.48. The Bertz CT molecular complexity index is 1410. The summed E-state index contributed by atoms with van der Waals surface area (Å²) in [6.07, 6.45) is 0. The van der Waals surface area contributed by atoms with Crippen LogP contribution in [0.3, 0.4) is 0 Å². The molecular formula is C26H25ClFN7O3. The van der Waals surface area contributed by atoms with Crippen molar-refractivity contribution in [3.63, 3.8) is 0 Å². The number of hydrogen-bond acceptors (Lipinski definition) is 6. The van der Waals surface area contributed by atoms with Crippen molar-refractivity contribution in [2.75, 3.05) is 44.7 Å². The fraction of sp³-hybridized carbons (Fsp3) is 0.308. The summed E-state index contributed by atoms with van der Waals surface area (Å²) in [7, 11) is 0. The molecule has 2 aliphatic heterocycles. The molecule has 10 nitrogen and oxygen atoms in total. The van der Waals surface area contributed by atoms with Crippen molar-refractivity contribution >= 4 is 29.2 Å². The van der Waals surface area contributed by atoms with Crippen LogP contribution in [-0.4, -0.2) is 70.9 Å². The molecule has 0 radical (unpaired) electrons. The van der Waals surface area contributed by atoms with E-state index in [1.165, 1.54) is 18.2 Å². The highest BCUT2D eigenvalue weighted by Crippen LogP contribution is 2.33. The van der Waals surface area contributed by atoms with Crippen molar-refractivity contribution in [3.05, 3.63) is 70.1 Å². The largest absolute Gasteiger partial charge is 0.379 e. The number of urea groups is 1. The van der Waals surface area contributed by atoms with Gasteiger partial charge in [0.2, 0.25) is 0 Å². The second-order valence-electron chi connectivity index (χ2n) is 9.17. The number of primary amides is 1. The summed E-state index contributed by atoms with van der Waals surface area (Å²) in [4.78, 5) is 29.8. The Morgan fingerprint density at radius 2 is 1.95 bits per heavy atom. The minimum absolute atomic E-state index is 0.0852. The number of ether oxygens (including phenoxy) is 1. The number of halogens is 2. The number of benzene rings is 2. The minimum Gasteiger partial charge on any atom is -0.379 e. The van der Waals surface area contributed by atoms with Crippen molar-refractivity contribution in [1.82, 2.24) is 19.6 Å². The first kappa shape index (κ1) is 25.7. The number of aromatic nitrogens is 2. The number of nitrogens with zero attached hydrogens (tertiary/aromatic N) is 5. The lowest BCUT2D eigenvalue weighted by Gasteiger charge is -2.37. The Morgan fingerprint density at radius 1 is 1.21 bits per heavy atom. The van der Waals surface area contributed by atoms with Crippen LogP contribution in [0.5, 0.6) is 0 Å². The van der Waals surface area contributed by atoms with E-state index in [1.54, 1.807) is 33.8 Å². The van der Waals surface area contributed by atoms with Gasteiger partial charge in [-0.25, -0.2) is 9.18 Å². The van der Waals surface area contributed by atoms with Crippen LogP contribution in [0.4, 0.5) is 14.9 Å². The summed E-state index contributed by atoms with van der Waals surface area (Å²) < 4.78 is 21.1. The number of nitrogens with two attached hydrogens (primary N) is 1. The molecule has 12 heteroatoms. The van der Waals surface area contributed by atoms with Crippen molar-refractivity contribution in [2.24, 2.45) is 5.73 Å². The van der Waals surface area contributed by atoms with Crippen LogP contribution < -0.4 is 11.1 Å². The quantitative estimate of drug-likeness (QED) is 0.514. The molecule has 3 aromatic rings. The topological polar surface area (TPSA) is 130 Å². The van der Waals surface area contributed by atoms with Crippen LogP contribution in [0.1, 0.15) is 27.7 Å². The normalized spacial score (nSPS) is 17.5. The highest BCUT2D eigenvalue weighted by molar-refractivity contribution is 6.31. The highest BCUT2D eigenvalue weighted by atomic mass is 35.5. The van der Waals surface area contributed by atoms with Gasteiger partial charge in [0, 0.05) is 37.4 Å². The maximum Gasteiger partial charge on any atom is 0.322 e. The lowest BCUT2D eigenvalue weighted by atomic mass is 10.0. The fourth-order valence-corrected chi connectivity index (χ4v) is 4.99. The third-order valence-electron chi connectivity index (χ3n) is 6.69. The molecule has 0 bridgehead atoms. The van der Waals surface area contributed by atoms with E-state index in [0.717, 1.165) is 13.1 Å². The Morgan fingerprint density at radius 3 is 2.61 bits per heavy atom. The van der Waals surface area contributed by atoms with E-state index in [1.807, 2.05) is 6.07 Å². The van der Waals surface area contributed by atoms with Gasteiger partial charge in [-0.05, 0) is 42.5 Å². The molecule has 3 heterocycles. The van der Waals surface area contributed by atoms with Crippen LogP contribution >= 0.6 is 11.6 Å². The van der Waals surface area contributed by atoms with Gasteiger partial charge in [-0.15, -0.1) is 0 Å². The zero-order valence-corrected chi connectivity index (χ0v) is 21.1. The van der Waals surface area contributed by atoms with Crippen LogP contribution in [-0.2, 0) is 11.3 Å². The van der Waals surface area contributed by atoms with E-state index in [2.05, 4.69) is 10.2 Å². The summed E-state index contributed by atoms with van der Waals surface area (Å²) in [5.41, 5.74) is 8.23. The van der Waals surface area contributed by atoms with Crippen molar-refractivity contribution in [2.45, 2.75) is 12.6 Å². The average molecular weight is 538 g/mol. The number of nitriles is 1. The first-order valence-corrected chi connectivity index (χ1v) is 12.4. The van der Waals surface area contributed by atoms with Crippen LogP contribution in [0, 0.1) is 17.1 Å². The predicted octanol–water partition coefficient (Wildman–Crippen LogP) is 3.23. The average Bonchev–Trinajstić information content (AvgIpc) is 3.31. The number of carbonyl (C=O) groups is 2. The monoisotopic (exact) mass is 537 g/mol. The van der Waals surface area contributed by atoms with E-state index in [4.69, 9.17) is 32.4 Å². The molecule has 38 heavy (non-hydrogen) atoms. The molecule has 0 saturated carbocycles. The van der Waals surface area contributed by atoms with E-state index >= 15 is 0 Å². The second kappa shape index (κ2) is 10.8. The number of morpholine rings is 1. The Hall–Kier alpha value is -3.98. The molecule has 0 aliphatic carbocycles. The summed E-state index contributed by atoms with van der Waals surface area (Å²) in [6, 6.07) is 12.1.